The molecule has 4 N–H and O–H groups in total. The number of rotatable bonds is 5. The van der Waals surface area contributed by atoms with E-state index in [4.69, 9.17) is 14.6 Å². The van der Waals surface area contributed by atoms with Crippen LogP contribution in [0.15, 0.2) is 0 Å². The average Bonchev–Trinajstić information content (AvgIpc) is 2.93. The highest BCUT2D eigenvalue weighted by Crippen LogP contribution is 2.26. The molecule has 2 heterocycles. The first kappa shape index (κ1) is 16.3. The fourth-order valence-electron chi connectivity index (χ4n) is 2.04. The number of nitrogens with zero attached hydrogens (tertiary/aromatic N) is 3. The SMILES string of the molecule is COC1O[C@H](CO)[C@H](O)[C@H](O)[C@@H]1Nc1nc(N(C)C)ns1. The third-order valence-electron chi connectivity index (χ3n) is 3.22. The second-order valence-corrected chi connectivity index (χ2v) is 5.66. The molecule has 1 unspecified atom stereocenters. The molecule has 0 saturated carbocycles. The van der Waals surface area contributed by atoms with Gasteiger partial charge in [-0.25, -0.2) is 0 Å². The Morgan fingerprint density at radius 1 is 1.38 bits per heavy atom. The van der Waals surface area contributed by atoms with Crippen molar-refractivity contribution in [1.82, 2.24) is 9.36 Å². The fourth-order valence-corrected chi connectivity index (χ4v) is 2.72. The van der Waals surface area contributed by atoms with Crippen LogP contribution < -0.4 is 10.2 Å². The summed E-state index contributed by atoms with van der Waals surface area (Å²) >= 11 is 1.13. The standard InChI is InChI=1S/C11H20N4O5S/c1-15(2)10-13-11(21-14-10)12-6-8(18)7(17)5(4-16)20-9(6)19-3/h5-9,16-18H,4H2,1-3H3,(H,12,13,14)/t5-,6+,7+,8-,9?/m1/s1. The molecule has 120 valence electrons. The largest absolute Gasteiger partial charge is 0.394 e. The number of hydrogen-bond acceptors (Lipinski definition) is 10. The van der Waals surface area contributed by atoms with Crippen molar-refractivity contribution in [2.24, 2.45) is 0 Å². The van der Waals surface area contributed by atoms with Gasteiger partial charge in [0.1, 0.15) is 24.4 Å². The highest BCUT2D eigenvalue weighted by atomic mass is 32.1. The summed E-state index contributed by atoms with van der Waals surface area (Å²) in [5, 5.41) is 32.7. The van der Waals surface area contributed by atoms with E-state index < -0.39 is 37.3 Å². The average molecular weight is 320 g/mol. The first-order valence-corrected chi connectivity index (χ1v) is 7.18. The molecule has 0 bridgehead atoms. The number of hydrogen-bond donors (Lipinski definition) is 4. The number of anilines is 2. The summed E-state index contributed by atoms with van der Waals surface area (Å²) in [5.41, 5.74) is 0. The maximum absolute atomic E-state index is 10.2. The van der Waals surface area contributed by atoms with E-state index in [1.807, 2.05) is 14.1 Å². The predicted molar refractivity (Wildman–Crippen MR) is 76.4 cm³/mol. The van der Waals surface area contributed by atoms with Gasteiger partial charge in [0.2, 0.25) is 11.1 Å². The molecule has 0 radical (unpaired) electrons. The topological polar surface area (TPSA) is 120 Å². The van der Waals surface area contributed by atoms with Crippen LogP contribution in [0.4, 0.5) is 11.1 Å². The molecule has 1 saturated heterocycles. The van der Waals surface area contributed by atoms with Gasteiger partial charge in [-0.15, -0.1) is 0 Å². The van der Waals surface area contributed by atoms with E-state index in [0.29, 0.717) is 11.1 Å². The van der Waals surface area contributed by atoms with E-state index in [0.717, 1.165) is 11.5 Å². The van der Waals surface area contributed by atoms with Gasteiger partial charge in [0.15, 0.2) is 6.29 Å². The lowest BCUT2D eigenvalue weighted by atomic mass is 9.97. The quantitative estimate of drug-likeness (QED) is 0.512. The van der Waals surface area contributed by atoms with Crippen LogP contribution in [0.3, 0.4) is 0 Å². The first-order chi connectivity index (χ1) is 9.97. The van der Waals surface area contributed by atoms with E-state index in [9.17, 15) is 10.2 Å². The minimum atomic E-state index is -1.22. The highest BCUT2D eigenvalue weighted by molar-refractivity contribution is 7.09. The van der Waals surface area contributed by atoms with Crippen LogP contribution in [0, 0.1) is 0 Å². The third kappa shape index (κ3) is 3.42. The van der Waals surface area contributed by atoms with Crippen LogP contribution >= 0.6 is 11.5 Å². The number of methoxy groups -OCH3 is 1. The number of aromatic nitrogens is 2. The van der Waals surface area contributed by atoms with Gasteiger partial charge >= 0.3 is 0 Å². The van der Waals surface area contributed by atoms with Gasteiger partial charge in [-0.3, -0.25) is 0 Å². The van der Waals surface area contributed by atoms with Crippen molar-refractivity contribution < 1.29 is 24.8 Å². The Hall–Kier alpha value is -1.04. The number of nitrogens with one attached hydrogen (secondary N) is 1. The lowest BCUT2D eigenvalue weighted by Gasteiger charge is -2.41. The Labute approximate surface area is 126 Å². The van der Waals surface area contributed by atoms with E-state index in [2.05, 4.69) is 14.7 Å². The maximum atomic E-state index is 10.2. The van der Waals surface area contributed by atoms with E-state index >= 15 is 0 Å². The monoisotopic (exact) mass is 320 g/mol. The van der Waals surface area contributed by atoms with Gasteiger partial charge in [0.25, 0.3) is 0 Å². The Morgan fingerprint density at radius 2 is 2.10 bits per heavy atom. The summed E-state index contributed by atoms with van der Waals surface area (Å²) in [4.78, 5) is 5.99. The molecule has 5 atom stereocenters. The van der Waals surface area contributed by atoms with Crippen LogP contribution in [-0.4, -0.2) is 83.1 Å². The molecule has 0 amide bonds. The Kier molecular flexibility index (Phi) is 5.30. The molecule has 2 rings (SSSR count). The summed E-state index contributed by atoms with van der Waals surface area (Å²) in [7, 11) is 5.06. The fraction of sp³-hybridized carbons (Fsp3) is 0.818. The summed E-state index contributed by atoms with van der Waals surface area (Å²) in [5.74, 6) is 0.538. The minimum Gasteiger partial charge on any atom is -0.394 e. The van der Waals surface area contributed by atoms with Crippen LogP contribution in [0.2, 0.25) is 0 Å². The lowest BCUT2D eigenvalue weighted by Crippen LogP contribution is -2.61. The molecule has 1 fully saturated rings. The smallest absolute Gasteiger partial charge is 0.238 e. The molecule has 10 heteroatoms. The zero-order chi connectivity index (χ0) is 15.6. The summed E-state index contributed by atoms with van der Waals surface area (Å²) in [6.07, 6.45) is -4.12. The maximum Gasteiger partial charge on any atom is 0.238 e. The number of aliphatic hydroxyl groups excluding tert-OH is 3. The first-order valence-electron chi connectivity index (χ1n) is 6.40. The molecular formula is C11H20N4O5S. The van der Waals surface area contributed by atoms with Gasteiger partial charge in [-0.1, -0.05) is 0 Å². The Balaban J connectivity index is 2.12. The second kappa shape index (κ2) is 6.81. The van der Waals surface area contributed by atoms with E-state index in [-0.39, 0.29) is 0 Å². The summed E-state index contributed by atoms with van der Waals surface area (Å²) < 4.78 is 14.7. The van der Waals surface area contributed by atoms with Crippen molar-refractivity contribution in [2.75, 3.05) is 38.0 Å². The zero-order valence-corrected chi connectivity index (χ0v) is 12.8. The summed E-state index contributed by atoms with van der Waals surface area (Å²) in [6.45, 7) is -0.408. The van der Waals surface area contributed by atoms with Crippen LogP contribution in [0.5, 0.6) is 0 Å². The normalized spacial score (nSPS) is 33.0. The van der Waals surface area contributed by atoms with Crippen molar-refractivity contribution in [1.29, 1.82) is 0 Å². The summed E-state index contributed by atoms with van der Waals surface area (Å²) in [6, 6.07) is -0.726. The van der Waals surface area contributed by atoms with Crippen molar-refractivity contribution in [3.05, 3.63) is 0 Å². The molecular weight excluding hydrogens is 300 g/mol. The minimum absolute atomic E-state index is 0.408. The van der Waals surface area contributed by atoms with Gasteiger partial charge in [0, 0.05) is 32.7 Å². The van der Waals surface area contributed by atoms with Gasteiger partial charge in [-0.2, -0.15) is 9.36 Å². The molecule has 9 nitrogen and oxygen atoms in total. The molecule has 0 spiro atoms. The number of ether oxygens (including phenoxy) is 2. The molecule has 0 aromatic carbocycles. The Bertz CT molecular complexity index is 458. The van der Waals surface area contributed by atoms with Gasteiger partial charge in [-0.05, 0) is 0 Å². The van der Waals surface area contributed by atoms with Crippen molar-refractivity contribution in [3.63, 3.8) is 0 Å². The van der Waals surface area contributed by atoms with Crippen LogP contribution in [0.25, 0.3) is 0 Å². The van der Waals surface area contributed by atoms with E-state index in [1.165, 1.54) is 7.11 Å². The van der Waals surface area contributed by atoms with Crippen molar-refractivity contribution in [2.45, 2.75) is 30.6 Å². The zero-order valence-electron chi connectivity index (χ0n) is 12.0. The lowest BCUT2D eigenvalue weighted by molar-refractivity contribution is -0.254. The second-order valence-electron chi connectivity index (χ2n) is 4.91. The molecule has 1 aromatic heterocycles. The molecule has 0 aliphatic carbocycles. The molecule has 1 aliphatic rings. The number of aliphatic hydroxyl groups is 3. The third-order valence-corrected chi connectivity index (χ3v) is 3.86. The van der Waals surface area contributed by atoms with Crippen LogP contribution in [0.1, 0.15) is 0 Å². The highest BCUT2D eigenvalue weighted by Gasteiger charge is 2.44. The molecule has 21 heavy (non-hydrogen) atoms. The van der Waals surface area contributed by atoms with Crippen molar-refractivity contribution >= 4 is 22.6 Å². The molecule has 1 aromatic rings. The van der Waals surface area contributed by atoms with Gasteiger partial charge in [0.05, 0.1) is 6.61 Å². The molecule has 1 aliphatic heterocycles. The van der Waals surface area contributed by atoms with Crippen molar-refractivity contribution in [3.8, 4) is 0 Å². The van der Waals surface area contributed by atoms with E-state index in [1.54, 1.807) is 4.90 Å². The Morgan fingerprint density at radius 3 is 2.62 bits per heavy atom. The van der Waals surface area contributed by atoms with Gasteiger partial charge < -0.3 is 35.0 Å². The predicted octanol–water partition coefficient (Wildman–Crippen LogP) is -1.53. The van der Waals surface area contributed by atoms with Crippen LogP contribution in [-0.2, 0) is 9.47 Å².